The van der Waals surface area contributed by atoms with Crippen molar-refractivity contribution in [3.05, 3.63) is 116 Å². The monoisotopic (exact) mass is 1710 g/mol. The Morgan fingerprint density at radius 1 is 0.729 bits per heavy atom. The number of aliphatic hydroxyl groups excluding tert-OH is 6. The second-order valence-electron chi connectivity index (χ2n) is 31.3. The molecule has 18 atom stereocenters. The minimum absolute atomic E-state index is 0.0341. The molecule has 12 rings (SSSR count). The van der Waals surface area contributed by atoms with Crippen LogP contribution in [0.2, 0.25) is 10.0 Å². The Kier molecular flexibility index (Phi) is 30.6. The molecule has 20 N–H and O–H groups in total. The molecule has 2 saturated heterocycles. The molecule has 34 nitrogen and oxygen atoms in total. The molecule has 0 unspecified atom stereocenters. The zero-order chi connectivity index (χ0) is 86.1. The Hall–Kier alpha value is -8.89. The average Bonchev–Trinajstić information content (AvgIpc) is 0.758. The Balaban J connectivity index is 1.17. The van der Waals surface area contributed by atoms with E-state index in [4.69, 9.17) is 63.1 Å². The van der Waals surface area contributed by atoms with Crippen LogP contribution in [0.15, 0.2) is 72.8 Å². The summed E-state index contributed by atoms with van der Waals surface area (Å²) in [6, 6.07) is 4.47. The van der Waals surface area contributed by atoms with Gasteiger partial charge in [0, 0.05) is 73.5 Å². The van der Waals surface area contributed by atoms with E-state index in [1.165, 1.54) is 32.0 Å². The lowest BCUT2D eigenvalue weighted by Gasteiger charge is -2.47. The van der Waals surface area contributed by atoms with Gasteiger partial charge in [-0.3, -0.25) is 33.6 Å². The fourth-order valence-electron chi connectivity index (χ4n) is 15.3. The lowest BCUT2D eigenvalue weighted by atomic mass is 9.84. The predicted molar refractivity (Wildman–Crippen MR) is 424 cm³/mol. The zero-order valence-corrected chi connectivity index (χ0v) is 68.2. The van der Waals surface area contributed by atoms with Crippen LogP contribution in [-0.2, 0) is 69.1 Å². The van der Waals surface area contributed by atoms with Crippen molar-refractivity contribution < 1.29 is 126 Å². The number of carboxylic acids is 1. The molecule has 0 radical (unpaired) electrons. The lowest BCUT2D eigenvalue weighted by molar-refractivity contribution is -0.333. The Morgan fingerprint density at radius 3 is 1.97 bits per heavy atom. The van der Waals surface area contributed by atoms with Crippen LogP contribution in [0.5, 0.6) is 46.0 Å². The molecule has 5 amide bonds. The van der Waals surface area contributed by atoms with Crippen molar-refractivity contribution in [3.8, 4) is 57.1 Å². The summed E-state index contributed by atoms with van der Waals surface area (Å²) in [6.07, 6.45) is -14.0. The van der Waals surface area contributed by atoms with Crippen LogP contribution in [0.25, 0.3) is 11.1 Å². The molecule has 5 aromatic rings. The number of primary amides is 1. The highest BCUT2D eigenvalue weighted by atomic mass is 35.5. The Morgan fingerprint density at radius 2 is 1.36 bits per heavy atom. The van der Waals surface area contributed by atoms with E-state index in [9.17, 15) is 73.9 Å². The van der Waals surface area contributed by atoms with Gasteiger partial charge >= 0.3 is 5.97 Å². The fraction of sp³-hybridized carbons (Fsp3) is 0.531. The molecule has 7 aliphatic heterocycles. The maximum absolute atomic E-state index is 16.5. The normalized spacial score (nSPS) is 27.2. The Labute approximate surface area is 691 Å². The van der Waals surface area contributed by atoms with E-state index in [0.29, 0.717) is 19.3 Å². The summed E-state index contributed by atoms with van der Waals surface area (Å²) in [4.78, 5) is 120. The number of unbranched alkanes of at least 4 members (excludes halogenated alkanes) is 6. The van der Waals surface area contributed by atoms with Gasteiger partial charge in [0.2, 0.25) is 51.6 Å². The number of carboxylic acid groups (broad SMARTS) is 1. The maximum atomic E-state index is 16.5. The van der Waals surface area contributed by atoms with Gasteiger partial charge in [0.1, 0.15) is 77.4 Å². The van der Waals surface area contributed by atoms with Crippen molar-refractivity contribution in [2.75, 3.05) is 25.4 Å². The largest absolute Gasteiger partial charge is 0.507 e. The first-order valence-electron chi connectivity index (χ1n) is 39.3. The third kappa shape index (κ3) is 21.6. The molecule has 644 valence electrons. The van der Waals surface area contributed by atoms with Crippen molar-refractivity contribution in [1.82, 2.24) is 31.3 Å². The number of rotatable bonds is 27. The number of fused-ring (bicyclic) bond motifs is 15. The van der Waals surface area contributed by atoms with E-state index >= 15 is 24.0 Å². The number of hydrogen-bond donors (Lipinski definition) is 18. The van der Waals surface area contributed by atoms with Gasteiger partial charge in [-0.25, -0.2) is 17.9 Å². The standard InChI is InChI=1S/C81H104Cl2N8O26S/c1-7-9-10-11-12-13-14-23-118(110,111)87-22-21-86-35-48-52(94)33-47-62(69(48)100)46-25-40(15-18-51(46)93)45-32-54(96)63-43-29-57(113-55-19-16-41(26-49(55)82)67(98)65(90-75(104)39(8-2)24-37(3)4)53(95)28-44(31-60(84)97)76(105)88-63)72(117-80-73(71(102)70(101)59(36-92)115-80)116-61-34-81(6,85)74(103)38(5)112-61)58(30-43)114-56-20-17-42(27-50(56)83)68(99)66(91-77(45)106)78(107)89-64(47)79(108)109/h15-20,25-27,29-30,33,37-39,44-45,59,61,63-68,70-71,73-74,80,86-87,92-94,98-103H,7-14,21-24,28,31-32,34-36,85H2,1-6H3,(H2,84,97)(H,88,105)(H,89,107)(H,90,104)(H,91,106)(H,108,109)/t38-,39+,44-,45+,59+,61-,63+,64-,65-,66-,67+,68+,70+,71-,73+,74+,80-,81-/m0/s1. The number of aliphatic carboxylic acids is 1. The summed E-state index contributed by atoms with van der Waals surface area (Å²) >= 11 is 14.3. The van der Waals surface area contributed by atoms with Crippen molar-refractivity contribution in [1.29, 1.82) is 0 Å². The number of carbonyl (C=O) groups excluding carboxylic acids is 7. The summed E-state index contributed by atoms with van der Waals surface area (Å²) in [5.41, 5.74) is 7.87. The number of amides is 5. The third-order valence-electron chi connectivity index (χ3n) is 21.8. The van der Waals surface area contributed by atoms with Gasteiger partial charge in [-0.1, -0.05) is 108 Å². The SMILES string of the molecule is CCCCCCCCCS(=O)(=O)NCCNCc1c(O)cc2c(c1O)-c1cc(ccc1O)[C@H]1CC(=O)[C@@H]3NC(=O)[C@H](CC(N)=O)CC(=O)[C@H](NC(=O)[C@H](CC)CC(C)C)[C@H](O)c4ccc(c(Cl)c4)Oc4cc3cc(c4O[C@@H]3O[C@H](CO)[C@@H](O)[C@H](O)[C@H]3O[C@H]3C[C@](C)(N)[C@H](O)[C@H](C)O3)Oc3ccc(cc3Cl)[C@@H](O)[C@H](NC1=O)C(=O)N[C@@H]2C(=O)O. The van der Waals surface area contributed by atoms with Crippen molar-refractivity contribution in [3.63, 3.8) is 0 Å². The van der Waals surface area contributed by atoms with Crippen LogP contribution >= 0.6 is 23.2 Å². The lowest BCUT2D eigenvalue weighted by Crippen LogP contribution is -2.64. The Bertz CT molecular complexity index is 4650. The number of aromatic hydroxyl groups is 3. The van der Waals surface area contributed by atoms with Crippen LogP contribution in [0, 0.1) is 17.8 Å². The van der Waals surface area contributed by atoms with Crippen LogP contribution in [0.3, 0.4) is 0 Å². The number of sulfonamides is 1. The second kappa shape index (κ2) is 39.5. The first-order valence-corrected chi connectivity index (χ1v) is 41.7. The molecule has 7 heterocycles. The van der Waals surface area contributed by atoms with E-state index in [1.807, 2.05) is 13.8 Å². The predicted octanol–water partition coefficient (Wildman–Crippen LogP) is 5.28. The number of ether oxygens (including phenoxy) is 6. The summed E-state index contributed by atoms with van der Waals surface area (Å²) < 4.78 is 67.2. The molecule has 2 fully saturated rings. The number of phenols is 3. The third-order valence-corrected chi connectivity index (χ3v) is 23.9. The fourth-order valence-corrected chi connectivity index (χ4v) is 16.9. The summed E-state index contributed by atoms with van der Waals surface area (Å²) in [6.45, 7) is 8.86. The van der Waals surface area contributed by atoms with E-state index in [-0.39, 0.29) is 70.6 Å². The number of nitrogens with one attached hydrogen (secondary N) is 6. The van der Waals surface area contributed by atoms with E-state index in [2.05, 4.69) is 38.2 Å². The first-order chi connectivity index (χ1) is 55.8. The summed E-state index contributed by atoms with van der Waals surface area (Å²) in [7, 11) is -3.75. The number of hydrogen-bond acceptors (Lipinski definition) is 27. The molecular weight excluding hydrogens is 1600 g/mol. The molecule has 5 aromatic carbocycles. The topological polar surface area (TPSA) is 553 Å². The molecule has 7 aliphatic rings. The number of carbonyl (C=O) groups is 8. The zero-order valence-electron chi connectivity index (χ0n) is 65.9. The second-order valence-corrected chi connectivity index (χ2v) is 34.1. The quantitative estimate of drug-likeness (QED) is 0.0297. The van der Waals surface area contributed by atoms with E-state index < -0.39 is 266 Å². The van der Waals surface area contributed by atoms with Gasteiger partial charge in [-0.05, 0) is 116 Å². The highest BCUT2D eigenvalue weighted by Gasteiger charge is 2.52. The van der Waals surface area contributed by atoms with Gasteiger partial charge in [0.05, 0.1) is 52.0 Å². The van der Waals surface area contributed by atoms with Gasteiger partial charge in [0.25, 0.3) is 0 Å². The van der Waals surface area contributed by atoms with Crippen molar-refractivity contribution >= 4 is 80.3 Å². The van der Waals surface area contributed by atoms with Crippen LogP contribution in [0.4, 0.5) is 0 Å². The molecular formula is C81H104Cl2N8O26S. The maximum Gasteiger partial charge on any atom is 0.330 e. The van der Waals surface area contributed by atoms with Crippen molar-refractivity contribution in [2.45, 2.75) is 229 Å². The van der Waals surface area contributed by atoms with Gasteiger partial charge < -0.3 is 118 Å². The number of ketones is 2. The van der Waals surface area contributed by atoms with Crippen LogP contribution in [-0.4, -0.2) is 199 Å². The van der Waals surface area contributed by atoms with Gasteiger partial charge in [-0.15, -0.1) is 0 Å². The van der Waals surface area contributed by atoms with E-state index in [0.717, 1.165) is 86.7 Å². The van der Waals surface area contributed by atoms with Crippen LogP contribution in [0.1, 0.15) is 189 Å². The number of benzene rings is 5. The molecule has 118 heavy (non-hydrogen) atoms. The van der Waals surface area contributed by atoms with Crippen molar-refractivity contribution in [2.24, 2.45) is 29.2 Å². The van der Waals surface area contributed by atoms with E-state index in [1.54, 1.807) is 6.92 Å². The highest BCUT2D eigenvalue weighted by Crippen LogP contribution is 2.51. The minimum Gasteiger partial charge on any atom is -0.507 e. The molecule has 11 bridgehead atoms. The van der Waals surface area contributed by atoms with Crippen LogP contribution < -0.4 is 57.0 Å². The molecule has 37 heteroatoms. The molecule has 0 spiro atoms. The number of nitrogens with two attached hydrogens (primary N) is 2. The number of halogens is 2. The summed E-state index contributed by atoms with van der Waals surface area (Å²) in [5.74, 6) is -19.8. The minimum atomic E-state index is -3.75. The smallest absolute Gasteiger partial charge is 0.330 e. The highest BCUT2D eigenvalue weighted by molar-refractivity contribution is 7.89. The average molecular weight is 1710 g/mol. The van der Waals surface area contributed by atoms with Gasteiger partial charge in [-0.2, -0.15) is 0 Å². The number of Topliss-reactive ketones (excluding diaryl/α,β-unsaturated/α-hetero) is 2. The molecule has 0 aliphatic carbocycles. The molecule has 0 aromatic heterocycles. The number of phenolic OH excluding ortho intramolecular Hbond substituents is 3. The first kappa shape index (κ1) is 91.4. The molecule has 0 saturated carbocycles. The van der Waals surface area contributed by atoms with Gasteiger partial charge in [0.15, 0.2) is 41.5 Å². The summed E-state index contributed by atoms with van der Waals surface area (Å²) in [5, 5.41) is 130. The number of aliphatic hydroxyl groups is 6.